The molecule has 3 aliphatic rings. The maximum atomic E-state index is 13.1. The second-order valence-corrected chi connectivity index (χ2v) is 11.8. The number of aromatic nitrogens is 2. The predicted molar refractivity (Wildman–Crippen MR) is 160 cm³/mol. The molecule has 2 aliphatic heterocycles. The van der Waals surface area contributed by atoms with E-state index in [1.165, 1.54) is 0 Å². The Hall–Kier alpha value is -2.43. The number of rotatable bonds is 4. The average Bonchev–Trinajstić information content (AvgIpc) is 2.85. The van der Waals surface area contributed by atoms with E-state index in [1.807, 2.05) is 18.7 Å². The Morgan fingerprint density at radius 3 is 1.86 bits per heavy atom. The van der Waals surface area contributed by atoms with Crippen molar-refractivity contribution < 1.29 is 22.7 Å². The molecule has 1 amide bonds. The van der Waals surface area contributed by atoms with Gasteiger partial charge in [-0.05, 0) is 32.0 Å². The molecule has 1 aliphatic carbocycles. The monoisotopic (exact) mass is 559 g/mol. The molecule has 3 fully saturated rings. The van der Waals surface area contributed by atoms with Crippen LogP contribution >= 0.6 is 0 Å². The number of anilines is 1. The number of piperazine rings is 1. The molecule has 14 radical (unpaired) electrons. The van der Waals surface area contributed by atoms with Crippen molar-refractivity contribution in [3.8, 4) is 0 Å². The summed E-state index contributed by atoms with van der Waals surface area (Å²) >= 11 is 0. The normalized spacial score (nSPS) is 23.0. The molecule has 2 atom stereocenters. The topological polar surface area (TPSA) is 61.8 Å². The van der Waals surface area contributed by atoms with Crippen LogP contribution in [0.5, 0.6) is 0 Å². The van der Waals surface area contributed by atoms with Crippen molar-refractivity contribution in [2.24, 2.45) is 5.41 Å². The van der Waals surface area contributed by atoms with Gasteiger partial charge in [-0.25, -0.2) is 14.8 Å². The maximum absolute atomic E-state index is 13.1. The van der Waals surface area contributed by atoms with Gasteiger partial charge < -0.3 is 14.5 Å². The minimum Gasteiger partial charge on any atom is -0.446 e. The molecule has 3 heterocycles. The number of likely N-dealkylation sites (tertiary alicyclic amines) is 1. The largest absolute Gasteiger partial charge is 0.446 e. The average molecular weight is 558 g/mol. The molecular formula is C25H23B7F3N5O2. The zero-order valence-corrected chi connectivity index (χ0v) is 23.4. The van der Waals surface area contributed by atoms with Gasteiger partial charge in [-0.2, -0.15) is 13.2 Å². The fourth-order valence-corrected chi connectivity index (χ4v) is 6.39. The van der Waals surface area contributed by atoms with Gasteiger partial charge >= 0.3 is 12.3 Å². The van der Waals surface area contributed by atoms with Gasteiger partial charge in [0.1, 0.15) is 45.3 Å². The fourth-order valence-electron chi connectivity index (χ4n) is 6.39. The summed E-state index contributed by atoms with van der Waals surface area (Å²) in [5.41, 5.74) is -0.451. The Kier molecular flexibility index (Phi) is 7.85. The lowest BCUT2D eigenvalue weighted by Gasteiger charge is -2.64. The fraction of sp³-hybridized carbons (Fsp3) is 0.560. The summed E-state index contributed by atoms with van der Waals surface area (Å²) in [7, 11) is 43.2. The molecule has 17 heteroatoms. The third-order valence-corrected chi connectivity index (χ3v) is 8.64. The summed E-state index contributed by atoms with van der Waals surface area (Å²) in [5, 5.41) is -1.54. The van der Waals surface area contributed by atoms with Crippen molar-refractivity contribution in [3.63, 3.8) is 0 Å². The molecule has 1 aromatic carbocycles. The van der Waals surface area contributed by atoms with Crippen LogP contribution in [0.15, 0.2) is 12.4 Å². The smallest absolute Gasteiger partial charge is 0.419 e. The first-order chi connectivity index (χ1) is 19.4. The number of carbonyl (C=O) groups is 1. The number of halogens is 3. The molecule has 202 valence electrons. The molecule has 0 unspecified atom stereocenters. The summed E-state index contributed by atoms with van der Waals surface area (Å²) in [6.45, 7) is 5.42. The van der Waals surface area contributed by atoms with Crippen LogP contribution in [0, 0.1) is 5.41 Å². The van der Waals surface area contributed by atoms with Crippen LogP contribution in [0.25, 0.3) is 0 Å². The molecule has 42 heavy (non-hydrogen) atoms. The summed E-state index contributed by atoms with van der Waals surface area (Å²) in [5.74, 6) is 0.175. The highest BCUT2D eigenvalue weighted by molar-refractivity contribution is 6.68. The Bertz CT molecular complexity index is 1340. The van der Waals surface area contributed by atoms with Crippen LogP contribution in [0.1, 0.15) is 37.8 Å². The molecule has 1 spiro atoms. The van der Waals surface area contributed by atoms with E-state index in [4.69, 9.17) is 59.7 Å². The predicted octanol–water partition coefficient (Wildman–Crippen LogP) is -2.89. The molecule has 0 N–H and O–H groups in total. The van der Waals surface area contributed by atoms with Crippen molar-refractivity contribution in [3.05, 3.63) is 23.5 Å². The number of nitrogens with zero attached hydrogens (tertiary/aromatic N) is 5. The first-order valence-corrected chi connectivity index (χ1v) is 13.4. The number of amides is 1. The van der Waals surface area contributed by atoms with Crippen LogP contribution < -0.4 is 32.2 Å². The Balaban J connectivity index is 1.15. The molecule has 7 nitrogen and oxygen atoms in total. The maximum Gasteiger partial charge on any atom is 0.419 e. The van der Waals surface area contributed by atoms with E-state index in [0.29, 0.717) is 39.0 Å². The van der Waals surface area contributed by atoms with Crippen molar-refractivity contribution in [2.45, 2.75) is 56.4 Å². The number of ether oxygens (including phenoxy) is 1. The summed E-state index contributed by atoms with van der Waals surface area (Å²) in [6.07, 6.45) is -2.46. The highest BCUT2D eigenvalue weighted by Crippen LogP contribution is 2.52. The number of hydrogen-bond acceptors (Lipinski definition) is 6. The number of alkyl halides is 3. The molecule has 5 rings (SSSR count). The SMILES string of the molecule is [B]c1c([B])c([B])c(C([B])([B])N2CC3(CC(OC(=O)N4[C@H](C)CN(c5ncc(C(F)(F)F)cn5)C[C@@H]4C)C3)C2)c([B])c1[B]. The van der Waals surface area contributed by atoms with Crippen LogP contribution in [0.2, 0.25) is 0 Å². The van der Waals surface area contributed by atoms with E-state index in [2.05, 4.69) is 9.97 Å². The zero-order valence-electron chi connectivity index (χ0n) is 23.4. The van der Waals surface area contributed by atoms with Gasteiger partial charge in [0.25, 0.3) is 0 Å². The lowest BCUT2D eigenvalue weighted by atomic mass is 9.46. The van der Waals surface area contributed by atoms with Gasteiger partial charge in [-0.1, -0.05) is 5.56 Å². The molecular weight excluding hydrogens is 535 g/mol. The Morgan fingerprint density at radius 2 is 1.38 bits per heavy atom. The van der Waals surface area contributed by atoms with Gasteiger partial charge in [0.2, 0.25) is 5.95 Å². The van der Waals surface area contributed by atoms with E-state index < -0.39 is 23.2 Å². The van der Waals surface area contributed by atoms with Crippen LogP contribution in [-0.2, 0) is 16.3 Å². The number of carbonyl (C=O) groups excluding carboxylic acids is 1. The van der Waals surface area contributed by atoms with Crippen molar-refractivity contribution in [1.29, 1.82) is 0 Å². The Morgan fingerprint density at radius 1 is 0.905 bits per heavy atom. The summed E-state index contributed by atoms with van der Waals surface area (Å²) < 4.78 is 44.4. The van der Waals surface area contributed by atoms with Crippen molar-refractivity contribution >= 4 is 94.3 Å². The molecule has 1 saturated carbocycles. The standard InChI is InChI=1S/C25H23B7F3N5O2/c1-11-7-38(21-36-5-13(6-37-21)25(33,34)35)8-12(2)40(11)22(41)42-14-3-23(4-14)9-39(10-23)24(31,32)15-16(26)18(28)20(30)19(29)17(15)27/h5-6,11-12,14H,3-4,7-10H2,1-2H3/t11-,12+. The quantitative estimate of drug-likeness (QED) is 0.376. The first-order valence-electron chi connectivity index (χ1n) is 13.4. The minimum atomic E-state index is -4.51. The van der Waals surface area contributed by atoms with Crippen LogP contribution in [0.3, 0.4) is 0 Å². The highest BCUT2D eigenvalue weighted by atomic mass is 19.4. The van der Waals surface area contributed by atoms with Gasteiger partial charge in [-0.3, -0.25) is 4.90 Å². The zero-order chi connectivity index (χ0) is 30.9. The molecule has 2 aromatic rings. The van der Waals surface area contributed by atoms with Gasteiger partial charge in [0.05, 0.1) is 33.3 Å². The van der Waals surface area contributed by atoms with E-state index >= 15 is 0 Å². The minimum absolute atomic E-state index is 0.0685. The van der Waals surface area contributed by atoms with Crippen molar-refractivity contribution in [2.75, 3.05) is 31.1 Å². The second-order valence-electron chi connectivity index (χ2n) is 11.8. The lowest BCUT2D eigenvalue weighted by Crippen LogP contribution is -2.72. The van der Waals surface area contributed by atoms with E-state index in [-0.39, 0.29) is 62.4 Å². The number of benzene rings is 1. The van der Waals surface area contributed by atoms with Gasteiger partial charge in [0, 0.05) is 44.0 Å². The lowest BCUT2D eigenvalue weighted by molar-refractivity contribution is -0.144. The summed E-state index contributed by atoms with van der Waals surface area (Å²) in [6, 6.07) is -0.572. The highest BCUT2D eigenvalue weighted by Gasteiger charge is 2.57. The Labute approximate surface area is 252 Å². The molecule has 1 aromatic heterocycles. The van der Waals surface area contributed by atoms with Crippen molar-refractivity contribution in [1.82, 2.24) is 19.8 Å². The van der Waals surface area contributed by atoms with E-state index in [9.17, 15) is 18.0 Å². The van der Waals surface area contributed by atoms with E-state index in [1.54, 1.807) is 9.80 Å². The molecule has 2 saturated heterocycles. The van der Waals surface area contributed by atoms with Crippen LogP contribution in [-0.4, -0.2) is 125 Å². The van der Waals surface area contributed by atoms with Gasteiger partial charge in [0.15, 0.2) is 0 Å². The second kappa shape index (κ2) is 10.6. The van der Waals surface area contributed by atoms with Gasteiger partial charge in [-0.15, -0.1) is 27.3 Å². The third kappa shape index (κ3) is 5.28. The summed E-state index contributed by atoms with van der Waals surface area (Å²) in [4.78, 5) is 26.1. The van der Waals surface area contributed by atoms with Crippen LogP contribution in [0.4, 0.5) is 23.9 Å². The number of hydrogen-bond donors (Lipinski definition) is 0. The molecule has 0 bridgehead atoms. The first kappa shape index (κ1) is 31.0. The van der Waals surface area contributed by atoms with E-state index in [0.717, 1.165) is 12.4 Å². The third-order valence-electron chi connectivity index (χ3n) is 8.64.